The van der Waals surface area contributed by atoms with Gasteiger partial charge in [0.25, 0.3) is 0 Å². The van der Waals surface area contributed by atoms with Crippen LogP contribution in [0.3, 0.4) is 0 Å². The normalized spacial score (nSPS) is 18.6. The molecule has 4 heteroatoms. The molecule has 0 saturated heterocycles. The Morgan fingerprint density at radius 2 is 2.00 bits per heavy atom. The minimum Gasteiger partial charge on any atom is -0.504 e. The van der Waals surface area contributed by atoms with E-state index in [0.717, 1.165) is 30.4 Å². The van der Waals surface area contributed by atoms with E-state index in [9.17, 15) is 10.2 Å². The summed E-state index contributed by atoms with van der Waals surface area (Å²) >= 11 is 6.01. The maximum absolute atomic E-state index is 9.56. The number of halogens is 1. The first-order valence-corrected chi connectivity index (χ1v) is 5.34. The van der Waals surface area contributed by atoms with Gasteiger partial charge >= 0.3 is 0 Å². The maximum Gasteiger partial charge on any atom is 0.176 e. The molecule has 0 bridgehead atoms. The van der Waals surface area contributed by atoms with Crippen molar-refractivity contribution >= 4 is 11.6 Å². The van der Waals surface area contributed by atoms with Crippen molar-refractivity contribution in [1.82, 2.24) is 0 Å². The van der Waals surface area contributed by atoms with Gasteiger partial charge in [-0.15, -0.1) is 0 Å². The predicted octanol–water partition coefficient (Wildman–Crippen LogP) is 2.40. The Hall–Kier alpha value is -0.930. The SMILES string of the molecule is Cc1cc(O)c(O)c(Cl)c1C1(N)CCC1. The lowest BCUT2D eigenvalue weighted by Crippen LogP contribution is -2.44. The monoisotopic (exact) mass is 227 g/mol. The minimum atomic E-state index is -0.424. The maximum atomic E-state index is 9.56. The molecule has 82 valence electrons. The topological polar surface area (TPSA) is 66.5 Å². The molecule has 0 spiro atoms. The molecule has 0 amide bonds. The van der Waals surface area contributed by atoms with Crippen LogP contribution in [-0.4, -0.2) is 10.2 Å². The number of phenolic OH excluding ortho intramolecular Hbond substituents is 2. The Morgan fingerprint density at radius 3 is 2.47 bits per heavy atom. The quantitative estimate of drug-likeness (QED) is 0.646. The van der Waals surface area contributed by atoms with Crippen LogP contribution in [0.15, 0.2) is 6.07 Å². The molecule has 1 aliphatic carbocycles. The lowest BCUT2D eigenvalue weighted by molar-refractivity contribution is 0.251. The molecule has 3 nitrogen and oxygen atoms in total. The summed E-state index contributed by atoms with van der Waals surface area (Å²) in [6.07, 6.45) is 2.82. The number of benzene rings is 1. The minimum absolute atomic E-state index is 0.190. The van der Waals surface area contributed by atoms with Gasteiger partial charge in [-0.25, -0.2) is 0 Å². The lowest BCUT2D eigenvalue weighted by Gasteiger charge is -2.40. The molecule has 1 fully saturated rings. The predicted molar refractivity (Wildman–Crippen MR) is 59.2 cm³/mol. The zero-order chi connectivity index (χ0) is 11.2. The van der Waals surface area contributed by atoms with Crippen molar-refractivity contribution in [2.75, 3.05) is 0 Å². The van der Waals surface area contributed by atoms with Gasteiger partial charge in [0.1, 0.15) is 0 Å². The van der Waals surface area contributed by atoms with Crippen LogP contribution in [0.4, 0.5) is 0 Å². The fourth-order valence-electron chi connectivity index (χ4n) is 2.17. The summed E-state index contributed by atoms with van der Waals surface area (Å²) in [6, 6.07) is 1.50. The number of rotatable bonds is 1. The second-order valence-corrected chi connectivity index (χ2v) is 4.64. The summed E-state index contributed by atoms with van der Waals surface area (Å²) in [4.78, 5) is 0. The van der Waals surface area contributed by atoms with E-state index in [1.54, 1.807) is 0 Å². The van der Waals surface area contributed by atoms with Crippen LogP contribution in [-0.2, 0) is 5.54 Å². The second kappa shape index (κ2) is 3.29. The van der Waals surface area contributed by atoms with Crippen LogP contribution >= 0.6 is 11.6 Å². The summed E-state index contributed by atoms with van der Waals surface area (Å²) in [5, 5.41) is 19.1. The van der Waals surface area contributed by atoms with E-state index in [-0.39, 0.29) is 16.5 Å². The van der Waals surface area contributed by atoms with Crippen molar-refractivity contribution in [2.24, 2.45) is 5.73 Å². The van der Waals surface area contributed by atoms with E-state index in [4.69, 9.17) is 17.3 Å². The van der Waals surface area contributed by atoms with E-state index in [0.29, 0.717) is 0 Å². The molecule has 4 N–H and O–H groups in total. The highest BCUT2D eigenvalue weighted by molar-refractivity contribution is 6.33. The molecular formula is C11H14ClNO2. The van der Waals surface area contributed by atoms with E-state index >= 15 is 0 Å². The molecule has 2 rings (SSSR count). The average Bonchev–Trinajstić information content (AvgIpc) is 2.11. The van der Waals surface area contributed by atoms with Crippen molar-refractivity contribution in [2.45, 2.75) is 31.7 Å². The fourth-order valence-corrected chi connectivity index (χ4v) is 2.60. The number of nitrogens with two attached hydrogens (primary N) is 1. The molecule has 1 aliphatic rings. The number of aryl methyl sites for hydroxylation is 1. The van der Waals surface area contributed by atoms with Gasteiger partial charge in [-0.05, 0) is 43.4 Å². The van der Waals surface area contributed by atoms with E-state index in [1.165, 1.54) is 6.07 Å². The first kappa shape index (κ1) is 10.6. The third kappa shape index (κ3) is 1.46. The molecular weight excluding hydrogens is 214 g/mol. The summed E-state index contributed by atoms with van der Waals surface area (Å²) in [5.74, 6) is -0.460. The molecule has 0 unspecified atom stereocenters. The van der Waals surface area contributed by atoms with Crippen LogP contribution in [0.5, 0.6) is 11.5 Å². The van der Waals surface area contributed by atoms with E-state index < -0.39 is 5.54 Å². The molecule has 0 aliphatic heterocycles. The molecule has 1 aromatic carbocycles. The van der Waals surface area contributed by atoms with Gasteiger partial charge in [-0.2, -0.15) is 0 Å². The molecule has 15 heavy (non-hydrogen) atoms. The van der Waals surface area contributed by atoms with Gasteiger partial charge in [0, 0.05) is 5.54 Å². The number of phenols is 2. The first-order chi connectivity index (χ1) is 6.96. The summed E-state index contributed by atoms with van der Waals surface area (Å²) in [6.45, 7) is 1.84. The molecule has 1 aromatic rings. The molecule has 1 saturated carbocycles. The lowest BCUT2D eigenvalue weighted by atomic mass is 9.71. The average molecular weight is 228 g/mol. The summed E-state index contributed by atoms with van der Waals surface area (Å²) < 4.78 is 0. The number of hydrogen-bond donors (Lipinski definition) is 3. The standard InChI is InChI=1S/C11H14ClNO2/c1-6-5-7(14)10(15)9(12)8(6)11(13)3-2-4-11/h5,14-15H,2-4,13H2,1H3. The van der Waals surface area contributed by atoms with Gasteiger partial charge in [0.05, 0.1) is 5.02 Å². The van der Waals surface area contributed by atoms with Crippen molar-refractivity contribution < 1.29 is 10.2 Å². The van der Waals surface area contributed by atoms with Crippen molar-refractivity contribution in [3.05, 3.63) is 22.2 Å². The van der Waals surface area contributed by atoms with Crippen molar-refractivity contribution in [3.8, 4) is 11.5 Å². The zero-order valence-electron chi connectivity index (χ0n) is 8.55. The van der Waals surface area contributed by atoms with E-state index in [2.05, 4.69) is 0 Å². The third-order valence-corrected chi connectivity index (χ3v) is 3.53. The highest BCUT2D eigenvalue weighted by Crippen LogP contribution is 2.48. The van der Waals surface area contributed by atoms with Gasteiger partial charge in [0.15, 0.2) is 11.5 Å². The highest BCUT2D eigenvalue weighted by Gasteiger charge is 2.38. The Labute approximate surface area is 93.5 Å². The molecule has 0 aromatic heterocycles. The second-order valence-electron chi connectivity index (χ2n) is 4.26. The number of hydrogen-bond acceptors (Lipinski definition) is 3. The summed E-state index contributed by atoms with van der Waals surface area (Å²) in [7, 11) is 0. The Balaban J connectivity index is 2.61. The first-order valence-electron chi connectivity index (χ1n) is 4.96. The smallest absolute Gasteiger partial charge is 0.176 e. The fraction of sp³-hybridized carbons (Fsp3) is 0.455. The van der Waals surface area contributed by atoms with Crippen LogP contribution in [0.2, 0.25) is 5.02 Å². The summed E-state index contributed by atoms with van der Waals surface area (Å²) in [5.41, 5.74) is 7.34. The van der Waals surface area contributed by atoms with Gasteiger partial charge in [0.2, 0.25) is 0 Å². The van der Waals surface area contributed by atoms with Gasteiger partial charge < -0.3 is 15.9 Å². The van der Waals surface area contributed by atoms with Crippen LogP contribution in [0.1, 0.15) is 30.4 Å². The van der Waals surface area contributed by atoms with Crippen LogP contribution in [0.25, 0.3) is 0 Å². The highest BCUT2D eigenvalue weighted by atomic mass is 35.5. The van der Waals surface area contributed by atoms with Crippen molar-refractivity contribution in [1.29, 1.82) is 0 Å². The Kier molecular flexibility index (Phi) is 2.32. The largest absolute Gasteiger partial charge is 0.504 e. The van der Waals surface area contributed by atoms with Crippen LogP contribution in [0, 0.1) is 6.92 Å². The van der Waals surface area contributed by atoms with Crippen molar-refractivity contribution in [3.63, 3.8) is 0 Å². The molecule has 0 radical (unpaired) electrons. The Bertz CT molecular complexity index is 414. The molecule has 0 atom stereocenters. The molecule has 0 heterocycles. The Morgan fingerprint density at radius 1 is 1.40 bits per heavy atom. The van der Waals surface area contributed by atoms with Gasteiger partial charge in [-0.1, -0.05) is 11.6 Å². The van der Waals surface area contributed by atoms with Crippen LogP contribution < -0.4 is 5.73 Å². The third-order valence-electron chi connectivity index (χ3n) is 3.16. The zero-order valence-corrected chi connectivity index (χ0v) is 9.30. The number of aromatic hydroxyl groups is 2. The van der Waals surface area contributed by atoms with E-state index in [1.807, 2.05) is 6.92 Å². The van der Waals surface area contributed by atoms with Gasteiger partial charge in [-0.3, -0.25) is 0 Å².